The number of nitrogens with one attached hydrogen (secondary N) is 2. The zero-order chi connectivity index (χ0) is 17.5. The molecule has 1 aromatic carbocycles. The van der Waals surface area contributed by atoms with Crippen LogP contribution in [0.4, 0.5) is 4.39 Å². The van der Waals surface area contributed by atoms with Crippen LogP contribution in [0.1, 0.15) is 35.9 Å². The van der Waals surface area contributed by atoms with E-state index in [2.05, 4.69) is 20.6 Å². The van der Waals surface area contributed by atoms with Crippen molar-refractivity contribution in [2.24, 2.45) is 4.99 Å². The fourth-order valence-corrected chi connectivity index (χ4v) is 2.14. The van der Waals surface area contributed by atoms with Gasteiger partial charge in [-0.05, 0) is 26.8 Å². The van der Waals surface area contributed by atoms with Gasteiger partial charge in [0, 0.05) is 18.7 Å². The molecule has 0 radical (unpaired) electrons. The molecule has 0 saturated heterocycles. The summed E-state index contributed by atoms with van der Waals surface area (Å²) in [6, 6.07) is 6.16. The first-order chi connectivity index (χ1) is 11.5. The summed E-state index contributed by atoms with van der Waals surface area (Å²) in [6.45, 7) is 6.73. The van der Waals surface area contributed by atoms with Crippen LogP contribution in [-0.2, 0) is 6.54 Å². The maximum absolute atomic E-state index is 13.7. The van der Waals surface area contributed by atoms with Crippen molar-refractivity contribution in [3.8, 4) is 0 Å². The van der Waals surface area contributed by atoms with Crippen molar-refractivity contribution < 1.29 is 13.9 Å². The summed E-state index contributed by atoms with van der Waals surface area (Å²) in [7, 11) is 0. The summed E-state index contributed by atoms with van der Waals surface area (Å²) in [6.07, 6.45) is -0.971. The van der Waals surface area contributed by atoms with Crippen molar-refractivity contribution in [2.45, 2.75) is 33.4 Å². The zero-order valence-corrected chi connectivity index (χ0v) is 16.9. The molecule has 8 heteroatoms. The SMILES string of the molecule is CCNC(=NCc1nc(C)c(C)o1)NCC(O)c1ccccc1F.I. The van der Waals surface area contributed by atoms with E-state index in [-0.39, 0.29) is 42.6 Å². The molecule has 138 valence electrons. The van der Waals surface area contributed by atoms with E-state index in [1.54, 1.807) is 18.2 Å². The fourth-order valence-electron chi connectivity index (χ4n) is 2.14. The molecule has 0 fully saturated rings. The van der Waals surface area contributed by atoms with Crippen LogP contribution in [0.2, 0.25) is 0 Å². The van der Waals surface area contributed by atoms with Crippen LogP contribution in [0.3, 0.4) is 0 Å². The third-order valence-electron chi connectivity index (χ3n) is 3.52. The molecule has 1 unspecified atom stereocenters. The molecule has 6 nitrogen and oxygen atoms in total. The van der Waals surface area contributed by atoms with E-state index < -0.39 is 11.9 Å². The fraction of sp³-hybridized carbons (Fsp3) is 0.412. The lowest BCUT2D eigenvalue weighted by Gasteiger charge is -2.15. The van der Waals surface area contributed by atoms with Crippen LogP contribution in [0.15, 0.2) is 33.7 Å². The molecule has 2 rings (SSSR count). The molecule has 0 saturated carbocycles. The van der Waals surface area contributed by atoms with E-state index in [0.29, 0.717) is 18.4 Å². The molecular weight excluding hydrogens is 438 g/mol. The minimum absolute atomic E-state index is 0. The molecule has 3 N–H and O–H groups in total. The number of halogens is 2. The van der Waals surface area contributed by atoms with E-state index in [4.69, 9.17) is 4.42 Å². The van der Waals surface area contributed by atoms with Gasteiger partial charge in [0.1, 0.15) is 18.1 Å². The number of aromatic nitrogens is 1. The summed E-state index contributed by atoms with van der Waals surface area (Å²) in [5, 5.41) is 16.2. The number of aliphatic hydroxyl groups excluding tert-OH is 1. The van der Waals surface area contributed by atoms with Gasteiger partial charge in [0.15, 0.2) is 5.96 Å². The average Bonchev–Trinajstić information content (AvgIpc) is 2.88. The quantitative estimate of drug-likeness (QED) is 0.350. The Kier molecular flexibility index (Phi) is 8.84. The number of aryl methyl sites for hydroxylation is 2. The van der Waals surface area contributed by atoms with Crippen molar-refractivity contribution in [3.63, 3.8) is 0 Å². The van der Waals surface area contributed by atoms with Crippen LogP contribution in [-0.4, -0.2) is 29.1 Å². The molecule has 0 aliphatic heterocycles. The highest BCUT2D eigenvalue weighted by Gasteiger charge is 2.13. The zero-order valence-electron chi connectivity index (χ0n) is 14.5. The van der Waals surface area contributed by atoms with Crippen molar-refractivity contribution in [1.29, 1.82) is 0 Å². The third kappa shape index (κ3) is 6.28. The predicted molar refractivity (Wildman–Crippen MR) is 106 cm³/mol. The lowest BCUT2D eigenvalue weighted by molar-refractivity contribution is 0.176. The molecule has 1 heterocycles. The van der Waals surface area contributed by atoms with Gasteiger partial charge in [-0.1, -0.05) is 18.2 Å². The maximum atomic E-state index is 13.7. The highest BCUT2D eigenvalue weighted by molar-refractivity contribution is 14.0. The number of guanidine groups is 1. The Morgan fingerprint density at radius 3 is 2.64 bits per heavy atom. The summed E-state index contributed by atoms with van der Waals surface area (Å²) >= 11 is 0. The van der Waals surface area contributed by atoms with Gasteiger partial charge < -0.3 is 20.2 Å². The van der Waals surface area contributed by atoms with Gasteiger partial charge in [-0.3, -0.25) is 0 Å². The first-order valence-electron chi connectivity index (χ1n) is 7.88. The minimum atomic E-state index is -0.971. The number of aliphatic imine (C=N–C) groups is 1. The molecule has 0 bridgehead atoms. The number of hydrogen-bond acceptors (Lipinski definition) is 4. The summed E-state index contributed by atoms with van der Waals surface area (Å²) < 4.78 is 19.1. The van der Waals surface area contributed by atoms with Gasteiger partial charge in [-0.25, -0.2) is 14.4 Å². The topological polar surface area (TPSA) is 82.7 Å². The van der Waals surface area contributed by atoms with E-state index in [1.807, 2.05) is 20.8 Å². The highest BCUT2D eigenvalue weighted by atomic mass is 127. The predicted octanol–water partition coefficient (Wildman–Crippen LogP) is 2.84. The Morgan fingerprint density at radius 1 is 1.32 bits per heavy atom. The number of aliphatic hydroxyl groups is 1. The van der Waals surface area contributed by atoms with Gasteiger partial charge in [0.25, 0.3) is 0 Å². The van der Waals surface area contributed by atoms with Crippen LogP contribution in [0, 0.1) is 19.7 Å². The second-order valence-corrected chi connectivity index (χ2v) is 5.36. The standard InChI is InChI=1S/C17H23FN4O2.HI/c1-4-19-17(21-10-16-22-11(2)12(3)24-16)20-9-15(23)13-7-5-6-8-14(13)18;/h5-8,15,23H,4,9-10H2,1-3H3,(H2,19,20,21);1H. The van der Waals surface area contributed by atoms with Crippen molar-refractivity contribution in [2.75, 3.05) is 13.1 Å². The van der Waals surface area contributed by atoms with Crippen molar-refractivity contribution in [3.05, 3.63) is 53.0 Å². The monoisotopic (exact) mass is 462 g/mol. The lowest BCUT2D eigenvalue weighted by atomic mass is 10.1. The number of benzene rings is 1. The lowest BCUT2D eigenvalue weighted by Crippen LogP contribution is -2.39. The molecule has 1 atom stereocenters. The van der Waals surface area contributed by atoms with Crippen LogP contribution in [0.25, 0.3) is 0 Å². The molecule has 0 aliphatic rings. The summed E-state index contributed by atoms with van der Waals surface area (Å²) in [4.78, 5) is 8.63. The smallest absolute Gasteiger partial charge is 0.216 e. The Labute approximate surface area is 164 Å². The third-order valence-corrected chi connectivity index (χ3v) is 3.52. The second-order valence-electron chi connectivity index (χ2n) is 5.36. The molecule has 0 aliphatic carbocycles. The number of rotatable bonds is 6. The number of oxazole rings is 1. The van der Waals surface area contributed by atoms with Gasteiger partial charge in [0.2, 0.25) is 5.89 Å². The highest BCUT2D eigenvalue weighted by Crippen LogP contribution is 2.15. The first-order valence-corrected chi connectivity index (χ1v) is 7.88. The van der Waals surface area contributed by atoms with Crippen LogP contribution >= 0.6 is 24.0 Å². The first kappa shape index (κ1) is 21.4. The van der Waals surface area contributed by atoms with Crippen molar-refractivity contribution >= 4 is 29.9 Å². The maximum Gasteiger partial charge on any atom is 0.216 e. The number of nitrogens with zero attached hydrogens (tertiary/aromatic N) is 2. The minimum Gasteiger partial charge on any atom is -0.444 e. The van der Waals surface area contributed by atoms with Gasteiger partial charge in [0.05, 0.1) is 11.8 Å². The molecule has 1 aromatic heterocycles. The van der Waals surface area contributed by atoms with Gasteiger partial charge in [-0.15, -0.1) is 24.0 Å². The van der Waals surface area contributed by atoms with Crippen LogP contribution < -0.4 is 10.6 Å². The van der Waals surface area contributed by atoms with Gasteiger partial charge >= 0.3 is 0 Å². The second kappa shape index (κ2) is 10.3. The molecule has 25 heavy (non-hydrogen) atoms. The van der Waals surface area contributed by atoms with Crippen LogP contribution in [0.5, 0.6) is 0 Å². The van der Waals surface area contributed by atoms with Gasteiger partial charge in [-0.2, -0.15) is 0 Å². The number of hydrogen-bond donors (Lipinski definition) is 3. The van der Waals surface area contributed by atoms with E-state index >= 15 is 0 Å². The molecule has 0 spiro atoms. The Morgan fingerprint density at radius 2 is 2.04 bits per heavy atom. The molecule has 0 amide bonds. The Bertz CT molecular complexity index is 686. The largest absolute Gasteiger partial charge is 0.444 e. The normalized spacial score (nSPS) is 12.4. The van der Waals surface area contributed by atoms with Crippen molar-refractivity contribution in [1.82, 2.24) is 15.6 Å². The average molecular weight is 462 g/mol. The van der Waals surface area contributed by atoms with E-state index in [0.717, 1.165) is 11.5 Å². The molecule has 2 aromatic rings. The van der Waals surface area contributed by atoms with E-state index in [1.165, 1.54) is 6.07 Å². The summed E-state index contributed by atoms with van der Waals surface area (Å²) in [5.74, 6) is 1.37. The Balaban J connectivity index is 0.00000312. The van der Waals surface area contributed by atoms with E-state index in [9.17, 15) is 9.50 Å². The summed E-state index contributed by atoms with van der Waals surface area (Å²) in [5.41, 5.74) is 1.09. The Hall–Kier alpha value is -1.68. The molecular formula is C17H24FIN4O2.